The van der Waals surface area contributed by atoms with Gasteiger partial charge in [-0.1, -0.05) is 13.8 Å². The summed E-state index contributed by atoms with van der Waals surface area (Å²) in [6.45, 7) is 4.52. The van der Waals surface area contributed by atoms with Crippen LogP contribution < -0.4 is 10.9 Å². The number of nitrogens with zero attached hydrogens (tertiary/aromatic N) is 1. The predicted molar refractivity (Wildman–Crippen MR) is 69.1 cm³/mol. The van der Waals surface area contributed by atoms with E-state index in [0.29, 0.717) is 11.5 Å². The van der Waals surface area contributed by atoms with Gasteiger partial charge in [-0.05, 0) is 6.92 Å². The first-order valence-electron chi connectivity index (χ1n) is 6.04. The number of aromatic amines is 1. The quantitative estimate of drug-likeness (QED) is 0.563. The van der Waals surface area contributed by atoms with Crippen LogP contribution in [0.4, 0.5) is 0 Å². The number of H-pyrrole nitrogens is 1. The van der Waals surface area contributed by atoms with Crippen LogP contribution in [-0.4, -0.2) is 45.3 Å². The number of aryl methyl sites for hydroxylation is 1. The molecule has 7 heteroatoms. The van der Waals surface area contributed by atoms with Gasteiger partial charge >= 0.3 is 0 Å². The van der Waals surface area contributed by atoms with Crippen molar-refractivity contribution in [3.05, 3.63) is 27.4 Å². The topological polar surface area (TPSA) is 115 Å². The minimum atomic E-state index is -0.795. The summed E-state index contributed by atoms with van der Waals surface area (Å²) < 4.78 is 0. The fraction of sp³-hybridized carbons (Fsp3) is 0.583. The summed E-state index contributed by atoms with van der Waals surface area (Å²) in [6.07, 6.45) is 0. The average Bonchev–Trinajstić information content (AvgIpc) is 2.34. The number of nitrogens with one attached hydrogen (secondary N) is 2. The first-order valence-corrected chi connectivity index (χ1v) is 6.04. The van der Waals surface area contributed by atoms with E-state index in [9.17, 15) is 9.59 Å². The van der Waals surface area contributed by atoms with E-state index >= 15 is 0 Å². The summed E-state index contributed by atoms with van der Waals surface area (Å²) in [6, 6.07) is -0.795. The molecule has 1 heterocycles. The Morgan fingerprint density at radius 3 is 2.37 bits per heavy atom. The second-order valence-corrected chi connectivity index (χ2v) is 4.60. The molecule has 1 aromatic rings. The molecule has 0 bridgehead atoms. The Bertz CT molecular complexity index is 506. The van der Waals surface area contributed by atoms with Crippen LogP contribution in [0.3, 0.4) is 0 Å². The summed E-state index contributed by atoms with van der Waals surface area (Å²) in [5.41, 5.74) is -0.306. The molecule has 0 aliphatic carbocycles. The Balaban J connectivity index is 3.08. The third-order valence-electron chi connectivity index (χ3n) is 2.67. The second kappa shape index (κ2) is 6.44. The number of hydrogen-bond donors (Lipinski definition) is 4. The average molecular weight is 269 g/mol. The van der Waals surface area contributed by atoms with Crippen molar-refractivity contribution in [2.24, 2.45) is 0 Å². The normalized spacial score (nSPS) is 11.1. The van der Waals surface area contributed by atoms with Crippen LogP contribution in [0.2, 0.25) is 0 Å². The van der Waals surface area contributed by atoms with Crippen LogP contribution in [0.15, 0.2) is 4.79 Å². The van der Waals surface area contributed by atoms with Gasteiger partial charge in [0.15, 0.2) is 0 Å². The molecule has 106 valence electrons. The Morgan fingerprint density at radius 2 is 1.95 bits per heavy atom. The molecule has 0 aliphatic heterocycles. The first-order chi connectivity index (χ1) is 8.90. The van der Waals surface area contributed by atoms with E-state index in [-0.39, 0.29) is 11.5 Å². The van der Waals surface area contributed by atoms with Gasteiger partial charge in [0, 0.05) is 5.92 Å². The summed E-state index contributed by atoms with van der Waals surface area (Å²) in [5, 5.41) is 20.2. The van der Waals surface area contributed by atoms with Crippen LogP contribution >= 0.6 is 0 Å². The number of rotatable bonds is 5. The molecule has 0 radical (unpaired) electrons. The van der Waals surface area contributed by atoms with Gasteiger partial charge in [0.2, 0.25) is 0 Å². The van der Waals surface area contributed by atoms with Crippen molar-refractivity contribution in [3.8, 4) is 0 Å². The molecule has 0 aromatic carbocycles. The van der Waals surface area contributed by atoms with Crippen molar-refractivity contribution in [3.63, 3.8) is 0 Å². The van der Waals surface area contributed by atoms with Gasteiger partial charge in [0.05, 0.1) is 24.9 Å². The monoisotopic (exact) mass is 269 g/mol. The van der Waals surface area contributed by atoms with E-state index in [1.165, 1.54) is 0 Å². The number of carbonyl (C=O) groups excluding carboxylic acids is 1. The smallest absolute Gasteiger partial charge is 0.264 e. The molecule has 0 unspecified atom stereocenters. The standard InChI is InChI=1S/C12H19N3O4/c1-6(2)10-13-7(3)9(12(19)15-10)11(18)14-8(4-16)5-17/h6,8,16-17H,4-5H2,1-3H3,(H,14,18)(H,13,15,19). The molecule has 1 aromatic heterocycles. The van der Waals surface area contributed by atoms with Crippen molar-refractivity contribution in [2.75, 3.05) is 13.2 Å². The summed E-state index contributed by atoms with van der Waals surface area (Å²) in [5.74, 6) is -0.0966. The fourth-order valence-corrected chi connectivity index (χ4v) is 1.56. The van der Waals surface area contributed by atoms with Gasteiger partial charge in [0.25, 0.3) is 11.5 Å². The molecule has 0 fully saturated rings. The summed E-state index contributed by atoms with van der Waals surface area (Å²) in [7, 11) is 0. The maximum atomic E-state index is 11.9. The zero-order valence-electron chi connectivity index (χ0n) is 11.2. The zero-order chi connectivity index (χ0) is 14.6. The summed E-state index contributed by atoms with van der Waals surface area (Å²) >= 11 is 0. The lowest BCUT2D eigenvalue weighted by molar-refractivity contribution is 0.0876. The Hall–Kier alpha value is -1.73. The minimum Gasteiger partial charge on any atom is -0.394 e. The largest absolute Gasteiger partial charge is 0.394 e. The van der Waals surface area contributed by atoms with Crippen LogP contribution in [0.25, 0.3) is 0 Å². The van der Waals surface area contributed by atoms with Crippen LogP contribution in [-0.2, 0) is 0 Å². The molecule has 1 amide bonds. The highest BCUT2D eigenvalue weighted by Crippen LogP contribution is 2.08. The highest BCUT2D eigenvalue weighted by atomic mass is 16.3. The predicted octanol–water partition coefficient (Wildman–Crippen LogP) is -0.715. The lowest BCUT2D eigenvalue weighted by Gasteiger charge is -2.14. The molecule has 0 atom stereocenters. The van der Waals surface area contributed by atoms with E-state index in [1.807, 2.05) is 13.8 Å². The van der Waals surface area contributed by atoms with Crippen LogP contribution in [0, 0.1) is 6.92 Å². The van der Waals surface area contributed by atoms with Crippen LogP contribution in [0.1, 0.15) is 41.6 Å². The van der Waals surface area contributed by atoms with Crippen molar-refractivity contribution >= 4 is 5.91 Å². The molecule has 0 saturated carbocycles. The second-order valence-electron chi connectivity index (χ2n) is 4.60. The highest BCUT2D eigenvalue weighted by molar-refractivity contribution is 5.95. The van der Waals surface area contributed by atoms with Crippen molar-refractivity contribution in [1.29, 1.82) is 0 Å². The highest BCUT2D eigenvalue weighted by Gasteiger charge is 2.19. The Labute approximate surface area is 110 Å². The fourth-order valence-electron chi connectivity index (χ4n) is 1.56. The van der Waals surface area contributed by atoms with Gasteiger partial charge in [0.1, 0.15) is 11.4 Å². The number of hydrogen-bond acceptors (Lipinski definition) is 5. The zero-order valence-corrected chi connectivity index (χ0v) is 11.2. The van der Waals surface area contributed by atoms with E-state index in [1.54, 1.807) is 6.92 Å². The summed E-state index contributed by atoms with van der Waals surface area (Å²) in [4.78, 5) is 30.5. The van der Waals surface area contributed by atoms with E-state index in [0.717, 1.165) is 0 Å². The Morgan fingerprint density at radius 1 is 1.37 bits per heavy atom. The van der Waals surface area contributed by atoms with Crippen molar-refractivity contribution < 1.29 is 15.0 Å². The van der Waals surface area contributed by atoms with Gasteiger partial charge in [-0.25, -0.2) is 4.98 Å². The van der Waals surface area contributed by atoms with Crippen molar-refractivity contribution in [2.45, 2.75) is 32.7 Å². The van der Waals surface area contributed by atoms with E-state index in [2.05, 4.69) is 15.3 Å². The lowest BCUT2D eigenvalue weighted by Crippen LogP contribution is -2.42. The molecule has 0 saturated heterocycles. The third-order valence-corrected chi connectivity index (χ3v) is 2.67. The molecular formula is C12H19N3O4. The van der Waals surface area contributed by atoms with E-state index in [4.69, 9.17) is 10.2 Å². The molecule has 0 aliphatic rings. The first kappa shape index (κ1) is 15.3. The number of aromatic nitrogens is 2. The van der Waals surface area contributed by atoms with Crippen LogP contribution in [0.5, 0.6) is 0 Å². The maximum Gasteiger partial charge on any atom is 0.264 e. The maximum absolute atomic E-state index is 11.9. The third kappa shape index (κ3) is 3.62. The van der Waals surface area contributed by atoms with Gasteiger partial charge in [-0.2, -0.15) is 0 Å². The van der Waals surface area contributed by atoms with E-state index < -0.39 is 30.7 Å². The SMILES string of the molecule is Cc1nc(C(C)C)[nH]c(=O)c1C(=O)NC(CO)CO. The molecule has 4 N–H and O–H groups in total. The molecule has 1 rings (SSSR count). The van der Waals surface area contributed by atoms with Crippen molar-refractivity contribution in [1.82, 2.24) is 15.3 Å². The van der Waals surface area contributed by atoms with Gasteiger partial charge in [-0.3, -0.25) is 9.59 Å². The number of amides is 1. The molecular weight excluding hydrogens is 250 g/mol. The minimum absolute atomic E-state index is 0.0474. The number of aliphatic hydroxyl groups is 2. The number of aliphatic hydroxyl groups excluding tert-OH is 2. The number of carbonyl (C=O) groups is 1. The molecule has 0 spiro atoms. The van der Waals surface area contributed by atoms with Gasteiger partial charge < -0.3 is 20.5 Å². The lowest BCUT2D eigenvalue weighted by atomic mass is 10.1. The van der Waals surface area contributed by atoms with Gasteiger partial charge in [-0.15, -0.1) is 0 Å². The Kier molecular flexibility index (Phi) is 5.20. The molecule has 19 heavy (non-hydrogen) atoms. The molecule has 7 nitrogen and oxygen atoms in total.